The maximum absolute atomic E-state index is 11.5. The zero-order valence-corrected chi connectivity index (χ0v) is 11.1. The molecule has 2 unspecified atom stereocenters. The van der Waals surface area contributed by atoms with Crippen LogP contribution in [0.3, 0.4) is 0 Å². The highest BCUT2D eigenvalue weighted by Crippen LogP contribution is 2.25. The molecule has 1 aromatic rings. The van der Waals surface area contributed by atoms with Crippen molar-refractivity contribution < 1.29 is 9.90 Å². The molecule has 104 valence electrons. The maximum atomic E-state index is 11.5. The second-order valence-corrected chi connectivity index (χ2v) is 4.80. The molecule has 0 bridgehead atoms. The molecule has 1 aliphatic rings. The van der Waals surface area contributed by atoms with Crippen molar-refractivity contribution in [3.63, 3.8) is 0 Å². The molecule has 0 saturated heterocycles. The second kappa shape index (κ2) is 6.47. The Hall–Kier alpha value is -1.69. The molecular formula is C13H20N4O2. The normalized spacial score (nSPS) is 22.2. The van der Waals surface area contributed by atoms with Crippen LogP contribution >= 0.6 is 0 Å². The van der Waals surface area contributed by atoms with Crippen molar-refractivity contribution in [3.8, 4) is 0 Å². The lowest BCUT2D eigenvalue weighted by Gasteiger charge is -2.15. The van der Waals surface area contributed by atoms with Crippen LogP contribution < -0.4 is 10.6 Å². The third kappa shape index (κ3) is 3.64. The minimum absolute atomic E-state index is 0.213. The van der Waals surface area contributed by atoms with Gasteiger partial charge in [-0.05, 0) is 31.9 Å². The van der Waals surface area contributed by atoms with E-state index in [-0.39, 0.29) is 17.9 Å². The predicted molar refractivity (Wildman–Crippen MR) is 71.9 cm³/mol. The summed E-state index contributed by atoms with van der Waals surface area (Å²) in [5.74, 6) is 0.699. The number of hydrogen-bond donors (Lipinski definition) is 3. The van der Waals surface area contributed by atoms with Crippen molar-refractivity contribution in [2.24, 2.45) is 5.92 Å². The Balaban J connectivity index is 1.86. The monoisotopic (exact) mass is 264 g/mol. The number of hydrogen-bond acceptors (Lipinski definition) is 5. The van der Waals surface area contributed by atoms with E-state index in [1.165, 1.54) is 0 Å². The first-order valence-corrected chi connectivity index (χ1v) is 6.74. The highest BCUT2D eigenvalue weighted by atomic mass is 16.3. The summed E-state index contributed by atoms with van der Waals surface area (Å²) < 4.78 is 0. The first-order valence-electron chi connectivity index (χ1n) is 6.74. The van der Waals surface area contributed by atoms with Crippen molar-refractivity contribution in [3.05, 3.63) is 17.8 Å². The van der Waals surface area contributed by atoms with Gasteiger partial charge in [-0.1, -0.05) is 6.42 Å². The van der Waals surface area contributed by atoms with Gasteiger partial charge in [0.1, 0.15) is 5.82 Å². The smallest absolute Gasteiger partial charge is 0.271 e. The second-order valence-electron chi connectivity index (χ2n) is 4.80. The average molecular weight is 264 g/mol. The quantitative estimate of drug-likeness (QED) is 0.732. The van der Waals surface area contributed by atoms with Crippen LogP contribution in [-0.2, 0) is 0 Å². The number of rotatable bonds is 5. The molecular weight excluding hydrogens is 244 g/mol. The van der Waals surface area contributed by atoms with E-state index in [2.05, 4.69) is 20.8 Å². The van der Waals surface area contributed by atoms with Crippen LogP contribution in [0, 0.1) is 5.92 Å². The summed E-state index contributed by atoms with van der Waals surface area (Å²) in [7, 11) is 0. The zero-order chi connectivity index (χ0) is 13.7. The Morgan fingerprint density at radius 3 is 2.84 bits per heavy atom. The molecule has 1 heterocycles. The average Bonchev–Trinajstić information content (AvgIpc) is 2.83. The molecule has 0 radical (unpaired) electrons. The third-order valence-electron chi connectivity index (χ3n) is 3.40. The highest BCUT2D eigenvalue weighted by molar-refractivity contribution is 5.92. The van der Waals surface area contributed by atoms with Gasteiger partial charge in [-0.25, -0.2) is 0 Å². The number of carbonyl (C=O) groups excluding carboxylic acids is 1. The summed E-state index contributed by atoms with van der Waals surface area (Å²) in [4.78, 5) is 11.5. The lowest BCUT2D eigenvalue weighted by Crippen LogP contribution is -2.25. The first kappa shape index (κ1) is 13.7. The molecule has 1 aromatic heterocycles. The van der Waals surface area contributed by atoms with Gasteiger partial charge < -0.3 is 15.7 Å². The predicted octanol–water partition coefficient (Wildman–Crippen LogP) is 0.799. The van der Waals surface area contributed by atoms with E-state index < -0.39 is 0 Å². The Bertz CT molecular complexity index is 421. The molecule has 1 saturated carbocycles. The number of nitrogens with zero attached hydrogens (tertiary/aromatic N) is 2. The van der Waals surface area contributed by atoms with Gasteiger partial charge in [-0.2, -0.15) is 0 Å². The summed E-state index contributed by atoms with van der Waals surface area (Å²) in [5.41, 5.74) is 0.313. The Morgan fingerprint density at radius 2 is 2.26 bits per heavy atom. The Labute approximate surface area is 112 Å². The van der Waals surface area contributed by atoms with Crippen molar-refractivity contribution in [2.75, 3.05) is 18.4 Å². The van der Waals surface area contributed by atoms with Gasteiger partial charge in [-0.3, -0.25) is 4.79 Å². The number of aliphatic hydroxyl groups is 1. The van der Waals surface area contributed by atoms with Crippen LogP contribution in [0.5, 0.6) is 0 Å². The molecule has 6 nitrogen and oxygen atoms in total. The largest absolute Gasteiger partial charge is 0.393 e. The number of anilines is 1. The minimum Gasteiger partial charge on any atom is -0.393 e. The van der Waals surface area contributed by atoms with Crippen LogP contribution in [0.25, 0.3) is 0 Å². The van der Waals surface area contributed by atoms with Crippen LogP contribution in [-0.4, -0.2) is 40.4 Å². The zero-order valence-electron chi connectivity index (χ0n) is 11.1. The van der Waals surface area contributed by atoms with Crippen molar-refractivity contribution >= 4 is 11.7 Å². The van der Waals surface area contributed by atoms with Crippen molar-refractivity contribution in [1.82, 2.24) is 15.5 Å². The lowest BCUT2D eigenvalue weighted by molar-refractivity contribution is 0.0950. The molecule has 6 heteroatoms. The maximum Gasteiger partial charge on any atom is 0.271 e. The topological polar surface area (TPSA) is 87.1 Å². The number of aliphatic hydroxyl groups excluding tert-OH is 1. The van der Waals surface area contributed by atoms with Crippen LogP contribution in [0.1, 0.15) is 36.7 Å². The highest BCUT2D eigenvalue weighted by Gasteiger charge is 2.24. The van der Waals surface area contributed by atoms with Gasteiger partial charge in [0.05, 0.1) is 6.10 Å². The molecule has 1 aliphatic carbocycles. The number of amides is 1. The van der Waals surface area contributed by atoms with Crippen molar-refractivity contribution in [1.29, 1.82) is 0 Å². The standard InChI is InChI=1S/C13H20N4O2/c1-2-14-13(19)10-6-7-12(17-16-10)15-8-9-4-3-5-11(9)18/h6-7,9,11,18H,2-5,8H2,1H3,(H,14,19)(H,15,17). The van der Waals surface area contributed by atoms with Crippen LogP contribution in [0.4, 0.5) is 5.82 Å². The van der Waals surface area contributed by atoms with E-state index in [1.54, 1.807) is 12.1 Å². The van der Waals surface area contributed by atoms with Crippen molar-refractivity contribution in [2.45, 2.75) is 32.3 Å². The summed E-state index contributed by atoms with van der Waals surface area (Å²) >= 11 is 0. The molecule has 0 aliphatic heterocycles. The number of aromatic nitrogens is 2. The SMILES string of the molecule is CCNC(=O)c1ccc(NCC2CCCC2O)nn1. The van der Waals surface area contributed by atoms with E-state index in [9.17, 15) is 9.90 Å². The summed E-state index contributed by atoms with van der Waals surface area (Å²) in [5, 5.41) is 23.4. The number of nitrogens with one attached hydrogen (secondary N) is 2. The van der Waals surface area contributed by atoms with Crippen LogP contribution in [0.15, 0.2) is 12.1 Å². The molecule has 0 aromatic carbocycles. The minimum atomic E-state index is -0.215. The van der Waals surface area contributed by atoms with Gasteiger partial charge in [0, 0.05) is 19.0 Å². The molecule has 2 rings (SSSR count). The van der Waals surface area contributed by atoms with Crippen LogP contribution in [0.2, 0.25) is 0 Å². The lowest BCUT2D eigenvalue weighted by atomic mass is 10.1. The summed E-state index contributed by atoms with van der Waals surface area (Å²) in [6.07, 6.45) is 2.79. The van der Waals surface area contributed by atoms with Gasteiger partial charge in [0.2, 0.25) is 0 Å². The molecule has 19 heavy (non-hydrogen) atoms. The van der Waals surface area contributed by atoms with E-state index in [0.29, 0.717) is 24.6 Å². The van der Waals surface area contributed by atoms with Gasteiger partial charge in [0.25, 0.3) is 5.91 Å². The molecule has 1 amide bonds. The fourth-order valence-electron chi connectivity index (χ4n) is 2.29. The molecule has 3 N–H and O–H groups in total. The van der Waals surface area contributed by atoms with Gasteiger partial charge >= 0.3 is 0 Å². The fraction of sp³-hybridized carbons (Fsp3) is 0.615. The molecule has 2 atom stereocenters. The van der Waals surface area contributed by atoms with E-state index in [0.717, 1.165) is 19.3 Å². The Morgan fingerprint density at radius 1 is 1.42 bits per heavy atom. The van der Waals surface area contributed by atoms with Gasteiger partial charge in [-0.15, -0.1) is 10.2 Å². The van der Waals surface area contributed by atoms with E-state index >= 15 is 0 Å². The Kier molecular flexibility index (Phi) is 4.68. The first-order chi connectivity index (χ1) is 9.20. The summed E-state index contributed by atoms with van der Waals surface area (Å²) in [6.45, 7) is 3.12. The third-order valence-corrected chi connectivity index (χ3v) is 3.40. The molecule has 1 fully saturated rings. The fourth-order valence-corrected chi connectivity index (χ4v) is 2.29. The van der Waals surface area contributed by atoms with E-state index in [4.69, 9.17) is 0 Å². The number of carbonyl (C=O) groups is 1. The summed E-state index contributed by atoms with van der Waals surface area (Å²) in [6, 6.07) is 3.38. The van der Waals surface area contributed by atoms with E-state index in [1.807, 2.05) is 6.92 Å². The molecule has 0 spiro atoms. The van der Waals surface area contributed by atoms with Gasteiger partial charge in [0.15, 0.2) is 5.69 Å².